The number of halogens is 1. The van der Waals surface area contributed by atoms with Crippen LogP contribution < -0.4 is 5.32 Å². The molecular formula is C16H10ClN3. The Hall–Kier alpha value is -2.57. The van der Waals surface area contributed by atoms with E-state index in [9.17, 15) is 0 Å². The van der Waals surface area contributed by atoms with Crippen molar-refractivity contribution < 1.29 is 0 Å². The molecule has 96 valence electrons. The number of fused-ring (bicyclic) bond motifs is 1. The van der Waals surface area contributed by atoms with E-state index in [0.29, 0.717) is 10.6 Å². The highest BCUT2D eigenvalue weighted by Crippen LogP contribution is 2.27. The molecule has 0 aliphatic carbocycles. The van der Waals surface area contributed by atoms with Crippen LogP contribution in [-0.2, 0) is 0 Å². The Kier molecular flexibility index (Phi) is 3.24. The van der Waals surface area contributed by atoms with Crippen LogP contribution in [0.3, 0.4) is 0 Å². The molecule has 3 rings (SSSR count). The number of rotatable bonds is 2. The fraction of sp³-hybridized carbons (Fsp3) is 0. The summed E-state index contributed by atoms with van der Waals surface area (Å²) in [4.78, 5) is 4.28. The van der Waals surface area contributed by atoms with Crippen molar-refractivity contribution in [3.63, 3.8) is 0 Å². The van der Waals surface area contributed by atoms with Gasteiger partial charge in [0.25, 0.3) is 0 Å². The van der Waals surface area contributed by atoms with Gasteiger partial charge in [0, 0.05) is 17.3 Å². The zero-order valence-electron chi connectivity index (χ0n) is 10.5. The van der Waals surface area contributed by atoms with Crippen molar-refractivity contribution in [2.75, 3.05) is 5.32 Å². The van der Waals surface area contributed by atoms with E-state index in [1.165, 1.54) is 0 Å². The molecule has 2 aromatic carbocycles. The number of benzene rings is 2. The van der Waals surface area contributed by atoms with Crippen LogP contribution in [0.15, 0.2) is 54.7 Å². The van der Waals surface area contributed by atoms with E-state index in [-0.39, 0.29) is 0 Å². The number of pyridine rings is 1. The van der Waals surface area contributed by atoms with Gasteiger partial charge in [0.2, 0.25) is 0 Å². The second-order valence-electron chi connectivity index (χ2n) is 4.34. The number of nitrogens with zero attached hydrogens (tertiary/aromatic N) is 2. The van der Waals surface area contributed by atoms with Gasteiger partial charge in [0.1, 0.15) is 0 Å². The molecule has 0 radical (unpaired) electrons. The number of hydrogen-bond donors (Lipinski definition) is 1. The Morgan fingerprint density at radius 3 is 2.80 bits per heavy atom. The summed E-state index contributed by atoms with van der Waals surface area (Å²) in [5.41, 5.74) is 3.19. The van der Waals surface area contributed by atoms with Crippen molar-refractivity contribution in [2.24, 2.45) is 0 Å². The monoisotopic (exact) mass is 279 g/mol. The average molecular weight is 280 g/mol. The molecule has 0 saturated carbocycles. The van der Waals surface area contributed by atoms with Crippen LogP contribution in [0.25, 0.3) is 10.9 Å². The van der Waals surface area contributed by atoms with Crippen LogP contribution in [0.4, 0.5) is 11.4 Å². The summed E-state index contributed by atoms with van der Waals surface area (Å²) in [6.45, 7) is 0. The van der Waals surface area contributed by atoms with Crippen LogP contribution in [-0.4, -0.2) is 4.98 Å². The van der Waals surface area contributed by atoms with E-state index in [2.05, 4.69) is 16.4 Å². The second-order valence-corrected chi connectivity index (χ2v) is 4.75. The molecule has 1 N–H and O–H groups in total. The van der Waals surface area contributed by atoms with Gasteiger partial charge >= 0.3 is 0 Å². The minimum atomic E-state index is 0.523. The van der Waals surface area contributed by atoms with Crippen LogP contribution in [0.1, 0.15) is 5.56 Å². The molecule has 0 bridgehead atoms. The zero-order valence-corrected chi connectivity index (χ0v) is 11.2. The summed E-state index contributed by atoms with van der Waals surface area (Å²) in [6.07, 6.45) is 1.77. The minimum absolute atomic E-state index is 0.523. The fourth-order valence-corrected chi connectivity index (χ4v) is 2.22. The van der Waals surface area contributed by atoms with Gasteiger partial charge in [-0.3, -0.25) is 4.98 Å². The van der Waals surface area contributed by atoms with Crippen molar-refractivity contribution in [2.45, 2.75) is 0 Å². The van der Waals surface area contributed by atoms with Gasteiger partial charge in [-0.1, -0.05) is 17.7 Å². The Bertz CT molecular complexity index is 821. The number of nitriles is 1. The normalized spacial score (nSPS) is 10.2. The molecule has 3 nitrogen and oxygen atoms in total. The molecule has 20 heavy (non-hydrogen) atoms. The number of nitrogens with one attached hydrogen (secondary N) is 1. The molecule has 0 aliphatic heterocycles. The fourth-order valence-electron chi connectivity index (χ4n) is 1.99. The smallest absolute Gasteiger partial charge is 0.0992 e. The Labute approximate surface area is 121 Å². The molecule has 0 saturated heterocycles. The first-order valence-electron chi connectivity index (χ1n) is 6.08. The Morgan fingerprint density at radius 1 is 1.10 bits per heavy atom. The molecule has 0 fully saturated rings. The first kappa shape index (κ1) is 12.5. The molecule has 0 aliphatic rings. The average Bonchev–Trinajstić information content (AvgIpc) is 2.49. The highest BCUT2D eigenvalue weighted by Gasteiger charge is 2.03. The van der Waals surface area contributed by atoms with E-state index in [1.807, 2.05) is 30.3 Å². The summed E-state index contributed by atoms with van der Waals surface area (Å²) < 4.78 is 0. The molecule has 1 heterocycles. The van der Waals surface area contributed by atoms with Crippen LogP contribution in [0.2, 0.25) is 5.02 Å². The van der Waals surface area contributed by atoms with E-state index < -0.39 is 0 Å². The minimum Gasteiger partial charge on any atom is -0.354 e. The maximum Gasteiger partial charge on any atom is 0.0992 e. The lowest BCUT2D eigenvalue weighted by molar-refractivity contribution is 1.41. The van der Waals surface area contributed by atoms with Crippen LogP contribution in [0, 0.1) is 11.3 Å². The molecule has 0 unspecified atom stereocenters. The standard InChI is InChI=1S/C16H10ClN3/c17-14-8-11(10-18)3-5-16(14)20-13-4-6-15-12(9-13)2-1-7-19-15/h1-9,20H. The third-order valence-corrected chi connectivity index (χ3v) is 3.29. The van der Waals surface area contributed by atoms with Gasteiger partial charge < -0.3 is 5.32 Å². The summed E-state index contributed by atoms with van der Waals surface area (Å²) in [7, 11) is 0. The van der Waals surface area contributed by atoms with Crippen molar-refractivity contribution >= 4 is 33.9 Å². The van der Waals surface area contributed by atoms with Gasteiger partial charge in [-0.05, 0) is 42.5 Å². The number of aromatic nitrogens is 1. The summed E-state index contributed by atoms with van der Waals surface area (Å²) in [5, 5.41) is 13.7. The summed E-state index contributed by atoms with van der Waals surface area (Å²) in [5.74, 6) is 0. The molecule has 1 aromatic heterocycles. The van der Waals surface area contributed by atoms with E-state index in [1.54, 1.807) is 24.4 Å². The molecule has 0 atom stereocenters. The topological polar surface area (TPSA) is 48.7 Å². The molecular weight excluding hydrogens is 270 g/mol. The first-order valence-corrected chi connectivity index (χ1v) is 6.45. The Balaban J connectivity index is 1.95. The predicted molar refractivity (Wildman–Crippen MR) is 81.2 cm³/mol. The highest BCUT2D eigenvalue weighted by atomic mass is 35.5. The zero-order chi connectivity index (χ0) is 13.9. The second kappa shape index (κ2) is 5.20. The number of anilines is 2. The number of hydrogen-bond acceptors (Lipinski definition) is 3. The molecule has 0 spiro atoms. The van der Waals surface area contributed by atoms with Crippen molar-refractivity contribution in [1.82, 2.24) is 4.98 Å². The maximum atomic E-state index is 8.83. The lowest BCUT2D eigenvalue weighted by Crippen LogP contribution is -1.92. The summed E-state index contributed by atoms with van der Waals surface area (Å²) >= 11 is 6.15. The predicted octanol–water partition coefficient (Wildman–Crippen LogP) is 4.50. The summed E-state index contributed by atoms with van der Waals surface area (Å²) in [6, 6.07) is 17.1. The highest BCUT2D eigenvalue weighted by molar-refractivity contribution is 6.33. The van der Waals surface area contributed by atoms with Gasteiger partial charge in [0.05, 0.1) is 27.9 Å². The third-order valence-electron chi connectivity index (χ3n) is 2.98. The third kappa shape index (κ3) is 2.42. The van der Waals surface area contributed by atoms with Gasteiger partial charge in [0.15, 0.2) is 0 Å². The first-order chi connectivity index (χ1) is 9.76. The van der Waals surface area contributed by atoms with E-state index in [4.69, 9.17) is 16.9 Å². The molecule has 4 heteroatoms. The van der Waals surface area contributed by atoms with Gasteiger partial charge in [-0.15, -0.1) is 0 Å². The molecule has 3 aromatic rings. The Morgan fingerprint density at radius 2 is 2.00 bits per heavy atom. The van der Waals surface area contributed by atoms with Crippen molar-refractivity contribution in [3.05, 3.63) is 65.3 Å². The quantitative estimate of drug-likeness (QED) is 0.751. The van der Waals surface area contributed by atoms with E-state index in [0.717, 1.165) is 22.3 Å². The maximum absolute atomic E-state index is 8.83. The SMILES string of the molecule is N#Cc1ccc(Nc2ccc3ncccc3c2)c(Cl)c1. The van der Waals surface area contributed by atoms with Crippen molar-refractivity contribution in [3.8, 4) is 6.07 Å². The van der Waals surface area contributed by atoms with Gasteiger partial charge in [-0.25, -0.2) is 0 Å². The molecule has 0 amide bonds. The van der Waals surface area contributed by atoms with Gasteiger partial charge in [-0.2, -0.15) is 5.26 Å². The van der Waals surface area contributed by atoms with Crippen LogP contribution in [0.5, 0.6) is 0 Å². The van der Waals surface area contributed by atoms with Crippen molar-refractivity contribution in [1.29, 1.82) is 5.26 Å². The van der Waals surface area contributed by atoms with Crippen LogP contribution >= 0.6 is 11.6 Å². The van der Waals surface area contributed by atoms with E-state index >= 15 is 0 Å². The largest absolute Gasteiger partial charge is 0.354 e. The lowest BCUT2D eigenvalue weighted by Gasteiger charge is -2.09. The lowest BCUT2D eigenvalue weighted by atomic mass is 10.2.